The second-order valence-corrected chi connectivity index (χ2v) is 3.21. The molecule has 14 heavy (non-hydrogen) atoms. The molecule has 0 radical (unpaired) electrons. The van der Waals surface area contributed by atoms with Gasteiger partial charge in [-0.05, 0) is 19.1 Å². The van der Waals surface area contributed by atoms with Crippen molar-refractivity contribution in [3.05, 3.63) is 29.6 Å². The summed E-state index contributed by atoms with van der Waals surface area (Å²) < 4.78 is 4.55. The highest BCUT2D eigenvalue weighted by Gasteiger charge is 2.05. The highest BCUT2D eigenvalue weighted by Crippen LogP contribution is 2.03. The number of pyridine rings is 1. The Labute approximate surface area is 83.1 Å². The average molecular weight is 194 g/mol. The van der Waals surface area contributed by atoms with E-state index in [1.165, 1.54) is 13.3 Å². The molecule has 76 valence electrons. The lowest BCUT2D eigenvalue weighted by molar-refractivity contribution is 0.0600. The summed E-state index contributed by atoms with van der Waals surface area (Å²) in [6.07, 6.45) is 2.21. The largest absolute Gasteiger partial charge is 0.465 e. The summed E-state index contributed by atoms with van der Waals surface area (Å²) in [7, 11) is 1.35. The molecule has 0 aromatic carbocycles. The molecule has 4 nitrogen and oxygen atoms in total. The number of rotatable bonds is 3. The van der Waals surface area contributed by atoms with Crippen molar-refractivity contribution >= 4 is 5.97 Å². The van der Waals surface area contributed by atoms with Gasteiger partial charge in [0, 0.05) is 24.4 Å². The first-order chi connectivity index (χ1) is 6.63. The molecule has 0 amide bonds. The van der Waals surface area contributed by atoms with Gasteiger partial charge >= 0.3 is 5.97 Å². The summed E-state index contributed by atoms with van der Waals surface area (Å²) in [4.78, 5) is 15.2. The minimum absolute atomic E-state index is 0.0754. The van der Waals surface area contributed by atoms with E-state index in [0.29, 0.717) is 12.0 Å². The fourth-order valence-corrected chi connectivity index (χ4v) is 1.11. The molecule has 0 aliphatic heterocycles. The fourth-order valence-electron chi connectivity index (χ4n) is 1.11. The number of hydrogen-bond donors (Lipinski definition) is 1. The van der Waals surface area contributed by atoms with Crippen LogP contribution in [0.5, 0.6) is 0 Å². The molecule has 1 aromatic heterocycles. The molecule has 0 fully saturated rings. The molecular formula is C10H14N2O2. The maximum atomic E-state index is 11.1. The Hall–Kier alpha value is -1.42. The van der Waals surface area contributed by atoms with Crippen LogP contribution in [0.2, 0.25) is 0 Å². The third-order valence-corrected chi connectivity index (χ3v) is 1.78. The van der Waals surface area contributed by atoms with Crippen LogP contribution in [0.1, 0.15) is 23.0 Å². The molecule has 0 aliphatic carbocycles. The zero-order chi connectivity index (χ0) is 10.6. The molecule has 0 saturated carbocycles. The van der Waals surface area contributed by atoms with Gasteiger partial charge in [-0.1, -0.05) is 0 Å². The van der Waals surface area contributed by atoms with Gasteiger partial charge in [0.2, 0.25) is 0 Å². The summed E-state index contributed by atoms with van der Waals surface area (Å²) in [5, 5.41) is 0. The molecule has 2 N–H and O–H groups in total. The Kier molecular flexibility index (Phi) is 3.59. The summed E-state index contributed by atoms with van der Waals surface area (Å²) in [5.74, 6) is -0.371. The van der Waals surface area contributed by atoms with Crippen LogP contribution in [0, 0.1) is 0 Å². The number of esters is 1. The number of ether oxygens (including phenoxy) is 1. The van der Waals surface area contributed by atoms with Crippen molar-refractivity contribution in [3.63, 3.8) is 0 Å². The minimum atomic E-state index is -0.371. The van der Waals surface area contributed by atoms with Crippen molar-refractivity contribution in [2.45, 2.75) is 19.4 Å². The van der Waals surface area contributed by atoms with Gasteiger partial charge in [0.15, 0.2) is 0 Å². The van der Waals surface area contributed by atoms with Crippen molar-refractivity contribution in [3.8, 4) is 0 Å². The first-order valence-corrected chi connectivity index (χ1v) is 4.42. The second kappa shape index (κ2) is 4.72. The molecule has 0 bridgehead atoms. The van der Waals surface area contributed by atoms with Crippen LogP contribution >= 0.6 is 0 Å². The first-order valence-electron chi connectivity index (χ1n) is 4.42. The highest BCUT2D eigenvalue weighted by molar-refractivity contribution is 5.88. The number of carbonyl (C=O) groups is 1. The van der Waals surface area contributed by atoms with Crippen LogP contribution in [0.25, 0.3) is 0 Å². The first kappa shape index (κ1) is 10.7. The molecule has 0 spiro atoms. The third-order valence-electron chi connectivity index (χ3n) is 1.78. The van der Waals surface area contributed by atoms with Crippen molar-refractivity contribution < 1.29 is 9.53 Å². The van der Waals surface area contributed by atoms with E-state index >= 15 is 0 Å². The number of methoxy groups -OCH3 is 1. The molecule has 1 rings (SSSR count). The summed E-state index contributed by atoms with van der Waals surface area (Å²) in [5.41, 5.74) is 6.96. The van der Waals surface area contributed by atoms with Gasteiger partial charge in [-0.15, -0.1) is 0 Å². The predicted molar refractivity (Wildman–Crippen MR) is 52.9 cm³/mol. The standard InChI is InChI=1S/C10H14N2O2/c1-7(11)5-9-4-3-8(6-12-9)10(13)14-2/h3-4,6-7H,5,11H2,1-2H3. The summed E-state index contributed by atoms with van der Waals surface area (Å²) >= 11 is 0. The lowest BCUT2D eigenvalue weighted by Gasteiger charge is -2.04. The van der Waals surface area contributed by atoms with Crippen LogP contribution in [0.3, 0.4) is 0 Å². The van der Waals surface area contributed by atoms with Gasteiger partial charge in [-0.25, -0.2) is 4.79 Å². The van der Waals surface area contributed by atoms with Gasteiger partial charge in [0.05, 0.1) is 12.7 Å². The molecule has 1 atom stereocenters. The van der Waals surface area contributed by atoms with Crippen molar-refractivity contribution in [2.24, 2.45) is 5.73 Å². The Morgan fingerprint density at radius 2 is 2.36 bits per heavy atom. The highest BCUT2D eigenvalue weighted by atomic mass is 16.5. The van der Waals surface area contributed by atoms with Crippen molar-refractivity contribution in [1.82, 2.24) is 4.98 Å². The van der Waals surface area contributed by atoms with E-state index in [4.69, 9.17) is 5.73 Å². The van der Waals surface area contributed by atoms with Crippen LogP contribution in [0.15, 0.2) is 18.3 Å². The topological polar surface area (TPSA) is 65.2 Å². The van der Waals surface area contributed by atoms with Crippen LogP contribution in [-0.2, 0) is 11.2 Å². The molecule has 4 heteroatoms. The zero-order valence-corrected chi connectivity index (χ0v) is 8.36. The molecule has 0 aliphatic rings. The van der Waals surface area contributed by atoms with E-state index < -0.39 is 0 Å². The molecule has 1 unspecified atom stereocenters. The molecule has 0 saturated heterocycles. The van der Waals surface area contributed by atoms with Crippen LogP contribution in [-0.4, -0.2) is 24.1 Å². The summed E-state index contributed by atoms with van der Waals surface area (Å²) in [6, 6.07) is 3.55. The Bertz CT molecular complexity index is 306. The SMILES string of the molecule is COC(=O)c1ccc(CC(C)N)nc1. The molecule has 1 heterocycles. The van der Waals surface area contributed by atoms with E-state index in [9.17, 15) is 4.79 Å². The Morgan fingerprint density at radius 1 is 1.64 bits per heavy atom. The van der Waals surface area contributed by atoms with Gasteiger partial charge in [0.1, 0.15) is 0 Å². The quantitative estimate of drug-likeness (QED) is 0.721. The van der Waals surface area contributed by atoms with E-state index in [0.717, 1.165) is 5.69 Å². The fraction of sp³-hybridized carbons (Fsp3) is 0.400. The number of aromatic nitrogens is 1. The van der Waals surface area contributed by atoms with Crippen LogP contribution in [0.4, 0.5) is 0 Å². The van der Waals surface area contributed by atoms with E-state index in [2.05, 4.69) is 9.72 Å². The Morgan fingerprint density at radius 3 is 2.79 bits per heavy atom. The van der Waals surface area contributed by atoms with E-state index in [-0.39, 0.29) is 12.0 Å². The lowest BCUT2D eigenvalue weighted by atomic mass is 10.1. The lowest BCUT2D eigenvalue weighted by Crippen LogP contribution is -2.18. The molecule has 1 aromatic rings. The van der Waals surface area contributed by atoms with Gasteiger partial charge in [-0.3, -0.25) is 4.98 Å². The average Bonchev–Trinajstić information content (AvgIpc) is 2.17. The number of nitrogens with two attached hydrogens (primary N) is 1. The zero-order valence-electron chi connectivity index (χ0n) is 8.36. The van der Waals surface area contributed by atoms with Crippen molar-refractivity contribution in [1.29, 1.82) is 0 Å². The molecular weight excluding hydrogens is 180 g/mol. The van der Waals surface area contributed by atoms with Gasteiger partial charge in [-0.2, -0.15) is 0 Å². The number of carbonyl (C=O) groups excluding carboxylic acids is 1. The third kappa shape index (κ3) is 2.81. The second-order valence-electron chi connectivity index (χ2n) is 3.21. The summed E-state index contributed by atoms with van der Waals surface area (Å²) in [6.45, 7) is 1.91. The normalized spacial score (nSPS) is 12.2. The van der Waals surface area contributed by atoms with E-state index in [1.54, 1.807) is 12.1 Å². The maximum absolute atomic E-state index is 11.1. The van der Waals surface area contributed by atoms with Crippen molar-refractivity contribution in [2.75, 3.05) is 7.11 Å². The minimum Gasteiger partial charge on any atom is -0.465 e. The van der Waals surface area contributed by atoms with Gasteiger partial charge < -0.3 is 10.5 Å². The van der Waals surface area contributed by atoms with Gasteiger partial charge in [0.25, 0.3) is 0 Å². The van der Waals surface area contributed by atoms with Crippen LogP contribution < -0.4 is 5.73 Å². The van der Waals surface area contributed by atoms with E-state index in [1.807, 2.05) is 6.92 Å². The smallest absolute Gasteiger partial charge is 0.339 e. The number of nitrogens with zero attached hydrogens (tertiary/aromatic N) is 1. The monoisotopic (exact) mass is 194 g/mol. The predicted octanol–water partition coefficient (Wildman–Crippen LogP) is 0.758. The Balaban J connectivity index is 2.73. The maximum Gasteiger partial charge on any atom is 0.339 e. The number of hydrogen-bond acceptors (Lipinski definition) is 4.